The predicted octanol–water partition coefficient (Wildman–Crippen LogP) is 4.14. The van der Waals surface area contributed by atoms with E-state index in [1.807, 2.05) is 12.1 Å². The molecule has 0 bridgehead atoms. The lowest BCUT2D eigenvalue weighted by Gasteiger charge is -2.13. The maximum Gasteiger partial charge on any atom is 0.273 e. The van der Waals surface area contributed by atoms with Crippen LogP contribution < -0.4 is 14.8 Å². The number of hydrogen-bond acceptors (Lipinski definition) is 6. The summed E-state index contributed by atoms with van der Waals surface area (Å²) >= 11 is 0. The Hall–Kier alpha value is -3.94. The number of aromatic nitrogens is 1. The number of nitro benzene ring substituents is 1. The van der Waals surface area contributed by atoms with E-state index in [0.29, 0.717) is 22.7 Å². The van der Waals surface area contributed by atoms with Crippen LogP contribution in [0.5, 0.6) is 11.5 Å². The largest absolute Gasteiger partial charge is 0.493 e. The van der Waals surface area contributed by atoms with E-state index >= 15 is 0 Å². The summed E-state index contributed by atoms with van der Waals surface area (Å²) in [6.07, 6.45) is 3.37. The van der Waals surface area contributed by atoms with Crippen LogP contribution >= 0.6 is 0 Å². The standard InChI is InChI=1S/C21H19N3O5/c1-14-17(6-3-7-18(14)24(26)27)21(25)23-16-8-9-19(28-2)20(11-16)29-13-15-5-4-10-22-12-15/h3-12H,13H2,1-2H3,(H,23,25). The van der Waals surface area contributed by atoms with Crippen LogP contribution in [0.1, 0.15) is 21.5 Å². The quantitative estimate of drug-likeness (QED) is 0.478. The zero-order chi connectivity index (χ0) is 20.8. The lowest BCUT2D eigenvalue weighted by molar-refractivity contribution is -0.385. The molecule has 1 N–H and O–H groups in total. The third-order valence-corrected chi connectivity index (χ3v) is 4.29. The van der Waals surface area contributed by atoms with E-state index < -0.39 is 10.8 Å². The second kappa shape index (κ2) is 8.83. The molecule has 0 atom stereocenters. The molecule has 0 spiro atoms. The zero-order valence-electron chi connectivity index (χ0n) is 15.9. The van der Waals surface area contributed by atoms with Gasteiger partial charge < -0.3 is 14.8 Å². The first-order chi connectivity index (χ1) is 14.0. The fraction of sp³-hybridized carbons (Fsp3) is 0.143. The molecule has 1 heterocycles. The van der Waals surface area contributed by atoms with Gasteiger partial charge in [-0.3, -0.25) is 19.9 Å². The first-order valence-corrected chi connectivity index (χ1v) is 8.74. The van der Waals surface area contributed by atoms with Crippen molar-refractivity contribution >= 4 is 17.3 Å². The second-order valence-electron chi connectivity index (χ2n) is 6.18. The molecule has 1 aromatic heterocycles. The number of rotatable bonds is 7. The van der Waals surface area contributed by atoms with Crippen LogP contribution in [-0.2, 0) is 6.61 Å². The highest BCUT2D eigenvalue weighted by molar-refractivity contribution is 6.06. The van der Waals surface area contributed by atoms with Gasteiger partial charge in [-0.05, 0) is 31.2 Å². The number of hydrogen-bond donors (Lipinski definition) is 1. The number of carbonyl (C=O) groups excluding carboxylic acids is 1. The monoisotopic (exact) mass is 393 g/mol. The van der Waals surface area contributed by atoms with Gasteiger partial charge in [-0.25, -0.2) is 0 Å². The van der Waals surface area contributed by atoms with Crippen molar-refractivity contribution in [1.29, 1.82) is 0 Å². The van der Waals surface area contributed by atoms with Crippen LogP contribution in [0.15, 0.2) is 60.9 Å². The van der Waals surface area contributed by atoms with Gasteiger partial charge in [0.1, 0.15) is 6.61 Å². The summed E-state index contributed by atoms with van der Waals surface area (Å²) < 4.78 is 11.1. The van der Waals surface area contributed by atoms with Crippen molar-refractivity contribution < 1.29 is 19.2 Å². The van der Waals surface area contributed by atoms with Crippen LogP contribution in [0.2, 0.25) is 0 Å². The first-order valence-electron chi connectivity index (χ1n) is 8.74. The van der Waals surface area contributed by atoms with Crippen LogP contribution in [0.25, 0.3) is 0 Å². The van der Waals surface area contributed by atoms with Gasteiger partial charge in [-0.2, -0.15) is 0 Å². The number of carbonyl (C=O) groups is 1. The molecule has 0 aliphatic rings. The van der Waals surface area contributed by atoms with Gasteiger partial charge in [-0.1, -0.05) is 12.1 Å². The topological polar surface area (TPSA) is 104 Å². The molecule has 0 unspecified atom stereocenters. The van der Waals surface area contributed by atoms with Crippen molar-refractivity contribution in [3.05, 3.63) is 87.7 Å². The Labute approximate surface area is 167 Å². The van der Waals surface area contributed by atoms with E-state index in [0.717, 1.165) is 5.56 Å². The molecule has 0 radical (unpaired) electrons. The molecular formula is C21H19N3O5. The minimum Gasteiger partial charge on any atom is -0.493 e. The van der Waals surface area contributed by atoms with Crippen molar-refractivity contribution in [2.24, 2.45) is 0 Å². The van der Waals surface area contributed by atoms with E-state index in [1.165, 1.54) is 19.2 Å². The highest BCUT2D eigenvalue weighted by atomic mass is 16.6. The maximum atomic E-state index is 12.6. The number of methoxy groups -OCH3 is 1. The number of ether oxygens (including phenoxy) is 2. The molecule has 29 heavy (non-hydrogen) atoms. The summed E-state index contributed by atoms with van der Waals surface area (Å²) in [6, 6.07) is 13.1. The lowest BCUT2D eigenvalue weighted by Crippen LogP contribution is -2.14. The van der Waals surface area contributed by atoms with E-state index in [-0.39, 0.29) is 17.9 Å². The van der Waals surface area contributed by atoms with Gasteiger partial charge in [-0.15, -0.1) is 0 Å². The maximum absolute atomic E-state index is 12.6. The fourth-order valence-electron chi connectivity index (χ4n) is 2.78. The number of nitrogens with one attached hydrogen (secondary N) is 1. The molecule has 0 fully saturated rings. The Bertz CT molecular complexity index is 1040. The summed E-state index contributed by atoms with van der Waals surface area (Å²) in [5.41, 5.74) is 1.79. The number of amides is 1. The Balaban J connectivity index is 1.80. The molecule has 8 heteroatoms. The summed E-state index contributed by atoms with van der Waals surface area (Å²) in [5, 5.41) is 13.8. The Morgan fingerprint density at radius 3 is 2.69 bits per heavy atom. The van der Waals surface area contributed by atoms with Gasteiger partial charge in [0.2, 0.25) is 0 Å². The van der Waals surface area contributed by atoms with E-state index in [9.17, 15) is 14.9 Å². The average Bonchev–Trinajstić information content (AvgIpc) is 2.73. The Kier molecular flexibility index (Phi) is 6.03. The van der Waals surface area contributed by atoms with Crippen LogP contribution in [-0.4, -0.2) is 22.9 Å². The summed E-state index contributed by atoms with van der Waals surface area (Å²) in [7, 11) is 1.52. The minimum atomic E-state index is -0.510. The van der Waals surface area contributed by atoms with Crippen molar-refractivity contribution in [2.75, 3.05) is 12.4 Å². The highest BCUT2D eigenvalue weighted by Crippen LogP contribution is 2.31. The van der Waals surface area contributed by atoms with Crippen molar-refractivity contribution in [3.63, 3.8) is 0 Å². The van der Waals surface area contributed by atoms with Gasteiger partial charge in [0.15, 0.2) is 11.5 Å². The fourth-order valence-corrected chi connectivity index (χ4v) is 2.78. The second-order valence-corrected chi connectivity index (χ2v) is 6.18. The zero-order valence-corrected chi connectivity index (χ0v) is 15.9. The van der Waals surface area contributed by atoms with E-state index in [2.05, 4.69) is 10.3 Å². The van der Waals surface area contributed by atoms with Crippen molar-refractivity contribution in [1.82, 2.24) is 4.98 Å². The Morgan fingerprint density at radius 1 is 1.17 bits per heavy atom. The first kappa shape index (κ1) is 19.8. The van der Waals surface area contributed by atoms with E-state index in [1.54, 1.807) is 43.6 Å². The number of nitro groups is 1. The SMILES string of the molecule is COc1ccc(NC(=O)c2cccc([N+](=O)[O-])c2C)cc1OCc1cccnc1. The van der Waals surface area contributed by atoms with Gasteiger partial charge in [0, 0.05) is 46.9 Å². The average molecular weight is 393 g/mol. The molecule has 148 valence electrons. The normalized spacial score (nSPS) is 10.3. The number of pyridine rings is 1. The van der Waals surface area contributed by atoms with Gasteiger partial charge in [0.05, 0.1) is 12.0 Å². The molecule has 3 rings (SSSR count). The molecule has 0 aliphatic heterocycles. The summed E-state index contributed by atoms with van der Waals surface area (Å²) in [4.78, 5) is 27.3. The van der Waals surface area contributed by atoms with Crippen molar-refractivity contribution in [2.45, 2.75) is 13.5 Å². The third-order valence-electron chi connectivity index (χ3n) is 4.29. The molecule has 3 aromatic rings. The lowest BCUT2D eigenvalue weighted by atomic mass is 10.1. The minimum absolute atomic E-state index is 0.104. The van der Waals surface area contributed by atoms with Crippen LogP contribution in [0.4, 0.5) is 11.4 Å². The molecule has 1 amide bonds. The summed E-state index contributed by atoms with van der Waals surface area (Å²) in [5.74, 6) is 0.512. The molecule has 0 saturated carbocycles. The Morgan fingerprint density at radius 2 is 2.00 bits per heavy atom. The van der Waals surface area contributed by atoms with E-state index in [4.69, 9.17) is 9.47 Å². The summed E-state index contributed by atoms with van der Waals surface area (Å²) in [6.45, 7) is 1.83. The number of nitrogens with zero attached hydrogens (tertiary/aromatic N) is 2. The molecular weight excluding hydrogens is 374 g/mol. The smallest absolute Gasteiger partial charge is 0.273 e. The van der Waals surface area contributed by atoms with Crippen LogP contribution in [0, 0.1) is 17.0 Å². The van der Waals surface area contributed by atoms with Gasteiger partial charge in [0.25, 0.3) is 11.6 Å². The van der Waals surface area contributed by atoms with Crippen LogP contribution in [0.3, 0.4) is 0 Å². The third kappa shape index (κ3) is 4.67. The molecule has 2 aromatic carbocycles. The van der Waals surface area contributed by atoms with Gasteiger partial charge >= 0.3 is 0 Å². The predicted molar refractivity (Wildman–Crippen MR) is 107 cm³/mol. The number of anilines is 1. The number of benzene rings is 2. The molecule has 8 nitrogen and oxygen atoms in total. The highest BCUT2D eigenvalue weighted by Gasteiger charge is 2.18. The van der Waals surface area contributed by atoms with Crippen molar-refractivity contribution in [3.8, 4) is 11.5 Å². The molecule has 0 saturated heterocycles. The molecule has 0 aliphatic carbocycles.